The Morgan fingerprint density at radius 2 is 0.823 bits per heavy atom. The summed E-state index contributed by atoms with van der Waals surface area (Å²) in [7, 11) is 5.75. The van der Waals surface area contributed by atoms with Crippen molar-refractivity contribution in [2.24, 2.45) is 23.7 Å². The maximum Gasteiger partial charge on any atom is 0.407 e. The maximum absolute atomic E-state index is 13.0. The van der Waals surface area contributed by atoms with Crippen molar-refractivity contribution in [3.8, 4) is 11.5 Å². The number of carbonyl (C=O) groups is 6. The molecular formula is C46H72N4O12. The zero-order chi connectivity index (χ0) is 47.2. The fourth-order valence-corrected chi connectivity index (χ4v) is 5.88. The zero-order valence-electron chi connectivity index (χ0n) is 39.2. The Balaban J connectivity index is 0.000000620. The van der Waals surface area contributed by atoms with Crippen LogP contribution in [0.25, 0.3) is 0 Å². The number of hydrogen-bond donors (Lipinski definition) is 4. The third kappa shape index (κ3) is 22.9. The SMILES string of the molecule is COC(=O)[C@H](CC(C)C)NC(=O)[C@@H](CNC(=O)OC(C)(C)C)Cc1ccc(OC)cc1.COC(=O)[C@H](CC(C)C)NC(=O)[C@H](CNC(=O)OC(C)(C)C)Cc1ccc(OC)cc1. The largest absolute Gasteiger partial charge is 0.497 e. The number of esters is 2. The van der Waals surface area contributed by atoms with Crippen molar-refractivity contribution in [3.63, 3.8) is 0 Å². The van der Waals surface area contributed by atoms with Gasteiger partial charge in [-0.05, 0) is 114 Å². The van der Waals surface area contributed by atoms with E-state index >= 15 is 0 Å². The summed E-state index contributed by atoms with van der Waals surface area (Å²) in [6.07, 6.45) is 0.418. The Hall–Kier alpha value is -5.54. The van der Waals surface area contributed by atoms with Crippen LogP contribution >= 0.6 is 0 Å². The molecule has 2 aromatic carbocycles. The van der Waals surface area contributed by atoms with E-state index in [0.717, 1.165) is 11.1 Å². The highest BCUT2D eigenvalue weighted by molar-refractivity contribution is 5.87. The van der Waals surface area contributed by atoms with Crippen LogP contribution in [0.15, 0.2) is 48.5 Å². The van der Waals surface area contributed by atoms with Gasteiger partial charge in [0.05, 0.1) is 40.3 Å². The van der Waals surface area contributed by atoms with Gasteiger partial charge < -0.3 is 49.7 Å². The molecule has 2 aromatic rings. The minimum absolute atomic E-state index is 0.0579. The lowest BCUT2D eigenvalue weighted by Crippen LogP contribution is -2.48. The number of nitrogens with one attached hydrogen (secondary N) is 4. The van der Waals surface area contributed by atoms with E-state index in [-0.39, 0.29) is 36.7 Å². The van der Waals surface area contributed by atoms with Crippen molar-refractivity contribution in [1.29, 1.82) is 0 Å². The molecule has 0 aromatic heterocycles. The van der Waals surface area contributed by atoms with E-state index in [1.54, 1.807) is 55.8 Å². The first kappa shape index (κ1) is 54.5. The number of amides is 4. The topological polar surface area (TPSA) is 206 Å². The van der Waals surface area contributed by atoms with Crippen molar-refractivity contribution in [2.45, 2.75) is 118 Å². The number of alkyl carbamates (subject to hydrolysis) is 2. The minimum atomic E-state index is -0.752. The molecule has 0 aliphatic heterocycles. The Bertz CT molecular complexity index is 1570. The number of carbonyl (C=O) groups excluding carboxylic acids is 6. The van der Waals surface area contributed by atoms with Crippen LogP contribution in [0.5, 0.6) is 11.5 Å². The monoisotopic (exact) mass is 873 g/mol. The first-order chi connectivity index (χ1) is 28.9. The van der Waals surface area contributed by atoms with Crippen molar-refractivity contribution >= 4 is 35.9 Å². The van der Waals surface area contributed by atoms with E-state index in [4.69, 9.17) is 28.4 Å². The minimum Gasteiger partial charge on any atom is -0.497 e. The quantitative estimate of drug-likeness (QED) is 0.0872. The predicted molar refractivity (Wildman–Crippen MR) is 236 cm³/mol. The molecule has 0 radical (unpaired) electrons. The summed E-state index contributed by atoms with van der Waals surface area (Å²) < 4.78 is 30.5. The molecule has 16 nitrogen and oxygen atoms in total. The average molecular weight is 873 g/mol. The van der Waals surface area contributed by atoms with Gasteiger partial charge in [0, 0.05) is 13.1 Å². The predicted octanol–water partition coefficient (Wildman–Crippen LogP) is 6.17. The lowest BCUT2D eigenvalue weighted by molar-refractivity contribution is -0.146. The van der Waals surface area contributed by atoms with E-state index in [0.29, 0.717) is 37.2 Å². The molecule has 0 aliphatic carbocycles. The molecule has 2 rings (SSSR count). The number of hydrogen-bond acceptors (Lipinski definition) is 12. The Morgan fingerprint density at radius 1 is 0.516 bits per heavy atom. The molecule has 4 N–H and O–H groups in total. The second-order valence-corrected chi connectivity index (χ2v) is 17.7. The highest BCUT2D eigenvalue weighted by Gasteiger charge is 2.30. The molecule has 62 heavy (non-hydrogen) atoms. The van der Waals surface area contributed by atoms with Crippen LogP contribution in [0.1, 0.15) is 93.2 Å². The second-order valence-electron chi connectivity index (χ2n) is 17.7. The Kier molecular flexibility index (Phi) is 23.5. The highest BCUT2D eigenvalue weighted by atomic mass is 16.6. The van der Waals surface area contributed by atoms with Gasteiger partial charge in [0.15, 0.2) is 0 Å². The molecule has 0 heterocycles. The first-order valence-corrected chi connectivity index (χ1v) is 20.9. The summed E-state index contributed by atoms with van der Waals surface area (Å²) in [4.78, 5) is 74.5. The number of rotatable bonds is 20. The summed E-state index contributed by atoms with van der Waals surface area (Å²) in [5.74, 6) is -1.12. The third-order valence-electron chi connectivity index (χ3n) is 8.83. The van der Waals surface area contributed by atoms with Crippen LogP contribution in [0.4, 0.5) is 9.59 Å². The van der Waals surface area contributed by atoms with Crippen molar-refractivity contribution < 1.29 is 57.2 Å². The van der Waals surface area contributed by atoms with E-state index in [9.17, 15) is 28.8 Å². The first-order valence-electron chi connectivity index (χ1n) is 20.9. The fraction of sp³-hybridized carbons (Fsp3) is 0.609. The average Bonchev–Trinajstić information content (AvgIpc) is 3.18. The normalized spacial score (nSPS) is 13.2. The van der Waals surface area contributed by atoms with Crippen LogP contribution in [0.2, 0.25) is 0 Å². The highest BCUT2D eigenvalue weighted by Crippen LogP contribution is 2.18. The summed E-state index contributed by atoms with van der Waals surface area (Å²) in [6, 6.07) is 13.2. The molecule has 4 amide bonds. The van der Waals surface area contributed by atoms with Gasteiger partial charge >= 0.3 is 24.1 Å². The standard InChI is InChI=1S/2C23H36N2O6/c2*1-15(2)12-19(21(27)30-7)25-20(26)17(14-24-22(28)31-23(3,4)5)13-16-8-10-18(29-6)11-9-16/h2*8-11,15,17,19H,12-14H2,1-7H3,(H,24,28)(H,25,26)/t17-,19+;17-,19-/m10/s1. The molecule has 0 unspecified atom stereocenters. The molecule has 0 aliphatic rings. The Labute approximate surface area is 368 Å². The summed E-state index contributed by atoms with van der Waals surface area (Å²) in [6.45, 7) is 18.5. The van der Waals surface area contributed by atoms with Gasteiger partial charge in [-0.2, -0.15) is 0 Å². The summed E-state index contributed by atoms with van der Waals surface area (Å²) in [5.41, 5.74) is 0.492. The van der Waals surface area contributed by atoms with Gasteiger partial charge in [0.1, 0.15) is 34.8 Å². The second kappa shape index (κ2) is 26.7. The van der Waals surface area contributed by atoms with Crippen LogP contribution in [0.3, 0.4) is 0 Å². The lowest BCUT2D eigenvalue weighted by Gasteiger charge is -2.24. The van der Waals surface area contributed by atoms with Crippen molar-refractivity contribution in [1.82, 2.24) is 21.3 Å². The van der Waals surface area contributed by atoms with Crippen LogP contribution in [-0.2, 0) is 51.0 Å². The molecule has 348 valence electrons. The number of benzene rings is 2. The van der Waals surface area contributed by atoms with E-state index < -0.39 is 59.2 Å². The van der Waals surface area contributed by atoms with Crippen LogP contribution in [-0.4, -0.2) is 101 Å². The zero-order valence-corrected chi connectivity index (χ0v) is 39.2. The lowest BCUT2D eigenvalue weighted by atomic mass is 9.96. The van der Waals surface area contributed by atoms with Gasteiger partial charge in [-0.25, -0.2) is 19.2 Å². The molecular weight excluding hydrogens is 801 g/mol. The summed E-state index contributed by atoms with van der Waals surface area (Å²) in [5, 5.41) is 10.9. The van der Waals surface area contributed by atoms with Gasteiger partial charge in [-0.1, -0.05) is 52.0 Å². The smallest absolute Gasteiger partial charge is 0.407 e. The van der Waals surface area contributed by atoms with Crippen molar-refractivity contribution in [2.75, 3.05) is 41.5 Å². The molecule has 0 saturated carbocycles. The molecule has 0 bridgehead atoms. The van der Waals surface area contributed by atoms with E-state index in [1.165, 1.54) is 14.2 Å². The fourth-order valence-electron chi connectivity index (χ4n) is 5.88. The molecule has 16 heteroatoms. The van der Waals surface area contributed by atoms with Crippen LogP contribution in [0, 0.1) is 23.7 Å². The molecule has 4 atom stereocenters. The van der Waals surface area contributed by atoms with Crippen molar-refractivity contribution in [3.05, 3.63) is 59.7 Å². The van der Waals surface area contributed by atoms with E-state index in [2.05, 4.69) is 21.3 Å². The van der Waals surface area contributed by atoms with Crippen LogP contribution < -0.4 is 30.7 Å². The Morgan fingerprint density at radius 3 is 1.06 bits per heavy atom. The molecule has 0 fully saturated rings. The third-order valence-corrected chi connectivity index (χ3v) is 8.83. The number of ether oxygens (including phenoxy) is 6. The molecule has 0 saturated heterocycles. The number of methoxy groups -OCH3 is 4. The van der Waals surface area contributed by atoms with Gasteiger partial charge in [-0.3, -0.25) is 9.59 Å². The van der Waals surface area contributed by atoms with E-state index in [1.807, 2.05) is 76.2 Å². The molecule has 0 spiro atoms. The van der Waals surface area contributed by atoms with Gasteiger partial charge in [-0.15, -0.1) is 0 Å². The summed E-state index contributed by atoms with van der Waals surface area (Å²) >= 11 is 0. The maximum atomic E-state index is 13.0. The van der Waals surface area contributed by atoms with Gasteiger partial charge in [0.25, 0.3) is 0 Å². The van der Waals surface area contributed by atoms with Gasteiger partial charge in [0.2, 0.25) is 11.8 Å².